The third-order valence-corrected chi connectivity index (χ3v) is 3.74. The third-order valence-electron chi connectivity index (χ3n) is 3.74. The van der Waals surface area contributed by atoms with E-state index >= 15 is 0 Å². The number of hydrogen-bond acceptors (Lipinski definition) is 3. The van der Waals surface area contributed by atoms with Crippen molar-refractivity contribution in [3.8, 4) is 0 Å². The maximum absolute atomic E-state index is 5.94. The summed E-state index contributed by atoms with van der Waals surface area (Å²) in [6, 6.07) is 0.344. The third kappa shape index (κ3) is 2.69. The van der Waals surface area contributed by atoms with Gasteiger partial charge in [0.25, 0.3) is 0 Å². The number of hydrogen-bond donors (Lipinski definition) is 1. The van der Waals surface area contributed by atoms with Crippen LogP contribution < -0.4 is 5.32 Å². The van der Waals surface area contributed by atoms with Crippen LogP contribution in [0, 0.1) is 0 Å². The van der Waals surface area contributed by atoms with Gasteiger partial charge in [0.05, 0.1) is 5.60 Å². The van der Waals surface area contributed by atoms with Crippen molar-refractivity contribution in [2.75, 3.05) is 13.2 Å². The van der Waals surface area contributed by atoms with Crippen molar-refractivity contribution in [1.29, 1.82) is 0 Å². The highest BCUT2D eigenvalue weighted by Gasteiger charge is 2.38. The molecule has 0 radical (unpaired) electrons. The molecule has 0 aliphatic carbocycles. The van der Waals surface area contributed by atoms with Gasteiger partial charge in [0.2, 0.25) is 0 Å². The van der Waals surface area contributed by atoms with Crippen LogP contribution >= 0.6 is 0 Å². The maximum atomic E-state index is 5.94. The molecule has 0 amide bonds. The number of nitrogens with one attached hydrogen (secondary N) is 1. The van der Waals surface area contributed by atoms with E-state index in [0.717, 1.165) is 31.8 Å². The van der Waals surface area contributed by atoms with Crippen LogP contribution in [0.3, 0.4) is 0 Å². The van der Waals surface area contributed by atoms with Crippen LogP contribution in [0.15, 0.2) is 12.4 Å². The Morgan fingerprint density at radius 3 is 3.00 bits per heavy atom. The summed E-state index contributed by atoms with van der Waals surface area (Å²) in [4.78, 5) is 4.41. The summed E-state index contributed by atoms with van der Waals surface area (Å²) < 4.78 is 8.03. The minimum Gasteiger partial charge on any atom is -0.374 e. The van der Waals surface area contributed by atoms with E-state index in [1.54, 1.807) is 0 Å². The van der Waals surface area contributed by atoms with Gasteiger partial charge in [-0.15, -0.1) is 0 Å². The van der Waals surface area contributed by atoms with E-state index in [1.807, 2.05) is 19.4 Å². The summed E-state index contributed by atoms with van der Waals surface area (Å²) in [5.74, 6) is 1.12. The Morgan fingerprint density at radius 1 is 1.65 bits per heavy atom. The molecule has 0 bridgehead atoms. The Morgan fingerprint density at radius 2 is 2.47 bits per heavy atom. The van der Waals surface area contributed by atoms with Gasteiger partial charge in [0.15, 0.2) is 0 Å². The number of aromatic nitrogens is 2. The summed E-state index contributed by atoms with van der Waals surface area (Å²) in [6.07, 6.45) is 7.08. The van der Waals surface area contributed by atoms with Crippen LogP contribution in [0.2, 0.25) is 0 Å². The number of likely N-dealkylation sites (N-methyl/N-ethyl adjacent to an activating group) is 1. The van der Waals surface area contributed by atoms with Gasteiger partial charge in [-0.05, 0) is 26.3 Å². The SMILES string of the molecule is CCNC(Cc1nccn1C)C1(C)CCCO1. The summed E-state index contributed by atoms with van der Waals surface area (Å²) in [5, 5.41) is 3.55. The van der Waals surface area contributed by atoms with Crippen molar-refractivity contribution in [3.05, 3.63) is 18.2 Å². The molecule has 2 heterocycles. The summed E-state index contributed by atoms with van der Waals surface area (Å²) in [5.41, 5.74) is -0.0397. The standard InChI is InChI=1S/C13H23N3O/c1-4-14-11(13(2)6-5-9-17-13)10-12-15-7-8-16(12)3/h7-8,11,14H,4-6,9-10H2,1-3H3. The van der Waals surface area contributed by atoms with Gasteiger partial charge in [0.1, 0.15) is 5.82 Å². The van der Waals surface area contributed by atoms with Crippen molar-refractivity contribution in [2.45, 2.75) is 44.8 Å². The molecule has 2 unspecified atom stereocenters. The predicted octanol–water partition coefficient (Wildman–Crippen LogP) is 1.51. The average molecular weight is 237 g/mol. The molecule has 4 nitrogen and oxygen atoms in total. The molecule has 1 saturated heterocycles. The van der Waals surface area contributed by atoms with E-state index in [2.05, 4.69) is 28.7 Å². The van der Waals surface area contributed by atoms with E-state index in [-0.39, 0.29) is 5.60 Å². The van der Waals surface area contributed by atoms with Gasteiger partial charge >= 0.3 is 0 Å². The van der Waals surface area contributed by atoms with Gasteiger partial charge in [0, 0.05) is 38.5 Å². The number of nitrogens with zero attached hydrogens (tertiary/aromatic N) is 2. The number of ether oxygens (including phenoxy) is 1. The topological polar surface area (TPSA) is 39.1 Å². The van der Waals surface area contributed by atoms with E-state index < -0.39 is 0 Å². The van der Waals surface area contributed by atoms with E-state index in [4.69, 9.17) is 4.74 Å². The van der Waals surface area contributed by atoms with Crippen LogP contribution in [0.5, 0.6) is 0 Å². The molecule has 0 aromatic carbocycles. The highest BCUT2D eigenvalue weighted by Crippen LogP contribution is 2.30. The second-order valence-corrected chi connectivity index (χ2v) is 5.03. The number of aryl methyl sites for hydroxylation is 1. The highest BCUT2D eigenvalue weighted by molar-refractivity contribution is 5.01. The van der Waals surface area contributed by atoms with Gasteiger partial charge in [-0.2, -0.15) is 0 Å². The Kier molecular flexibility index (Phi) is 3.84. The van der Waals surface area contributed by atoms with Crippen LogP contribution in [-0.4, -0.2) is 34.3 Å². The first-order chi connectivity index (χ1) is 8.15. The Labute approximate surface area is 103 Å². The first-order valence-electron chi connectivity index (χ1n) is 6.49. The zero-order valence-electron chi connectivity index (χ0n) is 11.1. The number of imidazole rings is 1. The summed E-state index contributed by atoms with van der Waals surface area (Å²) in [7, 11) is 2.04. The molecule has 2 atom stereocenters. The Balaban J connectivity index is 2.09. The monoisotopic (exact) mass is 237 g/mol. The second kappa shape index (κ2) is 5.19. The van der Waals surface area contributed by atoms with Gasteiger partial charge < -0.3 is 14.6 Å². The van der Waals surface area contributed by atoms with Crippen molar-refractivity contribution < 1.29 is 4.74 Å². The highest BCUT2D eigenvalue weighted by atomic mass is 16.5. The lowest BCUT2D eigenvalue weighted by Gasteiger charge is -2.33. The molecule has 1 aliphatic heterocycles. The van der Waals surface area contributed by atoms with Crippen LogP contribution in [0.4, 0.5) is 0 Å². The van der Waals surface area contributed by atoms with Crippen LogP contribution in [-0.2, 0) is 18.2 Å². The van der Waals surface area contributed by atoms with E-state index in [0.29, 0.717) is 6.04 Å². The van der Waals surface area contributed by atoms with Crippen LogP contribution in [0.1, 0.15) is 32.5 Å². The molecule has 1 aromatic rings. The van der Waals surface area contributed by atoms with Crippen molar-refractivity contribution >= 4 is 0 Å². The molecule has 1 N–H and O–H groups in total. The van der Waals surface area contributed by atoms with Crippen molar-refractivity contribution in [3.63, 3.8) is 0 Å². The summed E-state index contributed by atoms with van der Waals surface area (Å²) in [6.45, 7) is 6.22. The fraction of sp³-hybridized carbons (Fsp3) is 0.769. The molecule has 2 rings (SSSR count). The van der Waals surface area contributed by atoms with Gasteiger partial charge in [-0.3, -0.25) is 0 Å². The number of rotatable bonds is 5. The first kappa shape index (κ1) is 12.6. The van der Waals surface area contributed by atoms with Crippen molar-refractivity contribution in [2.24, 2.45) is 7.05 Å². The molecule has 1 aromatic heterocycles. The molecule has 1 aliphatic rings. The quantitative estimate of drug-likeness (QED) is 0.843. The molecule has 17 heavy (non-hydrogen) atoms. The van der Waals surface area contributed by atoms with Crippen LogP contribution in [0.25, 0.3) is 0 Å². The smallest absolute Gasteiger partial charge is 0.110 e. The molecule has 0 saturated carbocycles. The molecule has 96 valence electrons. The average Bonchev–Trinajstić information content (AvgIpc) is 2.89. The van der Waals surface area contributed by atoms with E-state index in [9.17, 15) is 0 Å². The Bertz CT molecular complexity index is 355. The fourth-order valence-corrected chi connectivity index (χ4v) is 2.60. The lowest BCUT2D eigenvalue weighted by Crippen LogP contribution is -2.50. The molecule has 1 fully saturated rings. The van der Waals surface area contributed by atoms with Gasteiger partial charge in [-0.25, -0.2) is 4.98 Å². The maximum Gasteiger partial charge on any atom is 0.110 e. The molecular formula is C13H23N3O. The first-order valence-corrected chi connectivity index (χ1v) is 6.49. The largest absolute Gasteiger partial charge is 0.374 e. The van der Waals surface area contributed by atoms with Crippen molar-refractivity contribution in [1.82, 2.24) is 14.9 Å². The Hall–Kier alpha value is -0.870. The van der Waals surface area contributed by atoms with Gasteiger partial charge in [-0.1, -0.05) is 6.92 Å². The lowest BCUT2D eigenvalue weighted by atomic mass is 9.90. The summed E-state index contributed by atoms with van der Waals surface area (Å²) >= 11 is 0. The normalized spacial score (nSPS) is 26.3. The minimum atomic E-state index is -0.0397. The zero-order valence-corrected chi connectivity index (χ0v) is 11.1. The predicted molar refractivity (Wildman–Crippen MR) is 68.0 cm³/mol. The zero-order chi connectivity index (χ0) is 12.3. The molecule has 0 spiro atoms. The molecule has 4 heteroatoms. The molecular weight excluding hydrogens is 214 g/mol. The lowest BCUT2D eigenvalue weighted by molar-refractivity contribution is -0.0117. The minimum absolute atomic E-state index is 0.0397. The van der Waals surface area contributed by atoms with E-state index in [1.165, 1.54) is 6.42 Å². The fourth-order valence-electron chi connectivity index (χ4n) is 2.60. The second-order valence-electron chi connectivity index (χ2n) is 5.03.